The van der Waals surface area contributed by atoms with Crippen LogP contribution in [0.5, 0.6) is 0 Å². The summed E-state index contributed by atoms with van der Waals surface area (Å²) in [6, 6.07) is 0. The van der Waals surface area contributed by atoms with Crippen LogP contribution in [0.25, 0.3) is 0 Å². The van der Waals surface area contributed by atoms with Gasteiger partial charge in [-0.05, 0) is 12.9 Å². The van der Waals surface area contributed by atoms with Crippen molar-refractivity contribution in [2.24, 2.45) is 0 Å². The molecule has 1 N–H and O–H groups in total. The molecule has 0 radical (unpaired) electrons. The SMILES string of the molecule is OCCOCOS. The first-order valence-electron chi connectivity index (χ1n) is 1.86. The molecule has 0 atom stereocenters. The second-order valence-corrected chi connectivity index (χ2v) is 1.14. The van der Waals surface area contributed by atoms with E-state index >= 15 is 0 Å². The molecule has 0 saturated heterocycles. The zero-order valence-electron chi connectivity index (χ0n) is 3.83. The first-order chi connectivity index (χ1) is 3.41. The van der Waals surface area contributed by atoms with E-state index in [0.29, 0.717) is 6.61 Å². The minimum atomic E-state index is 0.0249. The number of ether oxygens (including phenoxy) is 1. The molecule has 0 amide bonds. The van der Waals surface area contributed by atoms with Crippen LogP contribution in [0.2, 0.25) is 0 Å². The first kappa shape index (κ1) is 7.23. The van der Waals surface area contributed by atoms with E-state index in [1.54, 1.807) is 0 Å². The highest BCUT2D eigenvalue weighted by Crippen LogP contribution is 1.78. The predicted octanol–water partition coefficient (Wildman–Crippen LogP) is -0.186. The van der Waals surface area contributed by atoms with Crippen molar-refractivity contribution in [2.75, 3.05) is 20.0 Å². The lowest BCUT2D eigenvalue weighted by molar-refractivity contribution is 0.0109. The van der Waals surface area contributed by atoms with Crippen LogP contribution in [0.15, 0.2) is 0 Å². The number of hydrogen-bond donors (Lipinski definition) is 2. The Labute approximate surface area is 47.9 Å². The highest BCUT2D eigenvalue weighted by atomic mass is 32.1. The zero-order chi connectivity index (χ0) is 5.54. The molecule has 0 heterocycles. The normalized spacial score (nSPS) is 9.43. The Morgan fingerprint density at radius 2 is 2.29 bits per heavy atom. The maximum absolute atomic E-state index is 8.09. The molecule has 0 saturated carbocycles. The summed E-state index contributed by atoms with van der Waals surface area (Å²) in [6.07, 6.45) is 0. The van der Waals surface area contributed by atoms with Gasteiger partial charge in [0.1, 0.15) is 0 Å². The lowest BCUT2D eigenvalue weighted by Crippen LogP contribution is -1.99. The van der Waals surface area contributed by atoms with Crippen LogP contribution in [0.1, 0.15) is 0 Å². The number of thiol groups is 1. The van der Waals surface area contributed by atoms with E-state index in [1.165, 1.54) is 0 Å². The smallest absolute Gasteiger partial charge is 0.159 e. The van der Waals surface area contributed by atoms with Gasteiger partial charge in [0.05, 0.1) is 13.2 Å². The van der Waals surface area contributed by atoms with Crippen LogP contribution >= 0.6 is 12.9 Å². The van der Waals surface area contributed by atoms with Crippen LogP contribution < -0.4 is 0 Å². The molecule has 4 heteroatoms. The van der Waals surface area contributed by atoms with Crippen LogP contribution in [0.4, 0.5) is 0 Å². The molecular weight excluding hydrogens is 116 g/mol. The average molecular weight is 124 g/mol. The van der Waals surface area contributed by atoms with Gasteiger partial charge in [0.25, 0.3) is 0 Å². The van der Waals surface area contributed by atoms with Crippen molar-refractivity contribution < 1.29 is 14.0 Å². The summed E-state index contributed by atoms with van der Waals surface area (Å²) in [5.41, 5.74) is 0. The summed E-state index contributed by atoms with van der Waals surface area (Å²) in [5, 5.41) is 8.09. The van der Waals surface area contributed by atoms with Gasteiger partial charge in [0, 0.05) is 0 Å². The average Bonchev–Trinajstić information content (AvgIpc) is 1.69. The Morgan fingerprint density at radius 3 is 2.71 bits per heavy atom. The molecule has 0 aliphatic rings. The van der Waals surface area contributed by atoms with E-state index in [4.69, 9.17) is 5.11 Å². The van der Waals surface area contributed by atoms with Crippen molar-refractivity contribution in [3.63, 3.8) is 0 Å². The number of aliphatic hydroxyl groups is 1. The standard InChI is InChI=1S/C3H8O3S/c4-1-2-5-3-6-7/h4,7H,1-3H2. The molecule has 0 aromatic heterocycles. The van der Waals surface area contributed by atoms with E-state index < -0.39 is 0 Å². The van der Waals surface area contributed by atoms with Crippen molar-refractivity contribution >= 4 is 12.9 Å². The molecular formula is C3H8O3S. The first-order valence-corrected chi connectivity index (χ1v) is 2.23. The molecule has 0 aromatic rings. The second-order valence-electron chi connectivity index (χ2n) is 0.879. The molecule has 0 aliphatic heterocycles. The van der Waals surface area contributed by atoms with Crippen molar-refractivity contribution in [3.8, 4) is 0 Å². The number of hydrogen-bond acceptors (Lipinski definition) is 4. The van der Waals surface area contributed by atoms with Crippen molar-refractivity contribution in [1.82, 2.24) is 0 Å². The number of rotatable bonds is 4. The molecule has 44 valence electrons. The second kappa shape index (κ2) is 6.23. The molecule has 3 nitrogen and oxygen atoms in total. The van der Waals surface area contributed by atoms with Gasteiger partial charge in [-0.15, -0.1) is 0 Å². The summed E-state index contributed by atoms with van der Waals surface area (Å²) >= 11 is 3.39. The highest BCUT2D eigenvalue weighted by molar-refractivity contribution is 7.75. The maximum atomic E-state index is 8.09. The Bertz CT molecular complexity index is 29.4. The van der Waals surface area contributed by atoms with Gasteiger partial charge in [0.2, 0.25) is 0 Å². The molecule has 0 aliphatic carbocycles. The third-order valence-electron chi connectivity index (χ3n) is 0.372. The fourth-order valence-electron chi connectivity index (χ4n) is 0.161. The Hall–Kier alpha value is 0.230. The van der Waals surface area contributed by atoms with Gasteiger partial charge in [-0.3, -0.25) is 4.18 Å². The third kappa shape index (κ3) is 6.23. The Balaban J connectivity index is 2.45. The fraction of sp³-hybridized carbons (Fsp3) is 1.00. The molecule has 7 heavy (non-hydrogen) atoms. The van der Waals surface area contributed by atoms with E-state index in [1.807, 2.05) is 0 Å². The molecule has 0 rings (SSSR count). The van der Waals surface area contributed by atoms with Gasteiger partial charge in [-0.2, -0.15) is 0 Å². The van der Waals surface area contributed by atoms with Gasteiger partial charge < -0.3 is 9.84 Å². The maximum Gasteiger partial charge on any atom is 0.159 e. The van der Waals surface area contributed by atoms with Crippen LogP contribution in [-0.2, 0) is 8.92 Å². The largest absolute Gasteiger partial charge is 0.394 e. The zero-order valence-corrected chi connectivity index (χ0v) is 4.73. The van der Waals surface area contributed by atoms with E-state index in [0.717, 1.165) is 0 Å². The van der Waals surface area contributed by atoms with Gasteiger partial charge in [-0.25, -0.2) is 0 Å². The molecule has 0 fully saturated rings. The van der Waals surface area contributed by atoms with Crippen molar-refractivity contribution in [3.05, 3.63) is 0 Å². The summed E-state index contributed by atoms with van der Waals surface area (Å²) in [7, 11) is 0. The Morgan fingerprint density at radius 1 is 1.57 bits per heavy atom. The molecule has 0 spiro atoms. The minimum absolute atomic E-state index is 0.0249. The third-order valence-corrected chi connectivity index (χ3v) is 0.477. The molecule has 0 bridgehead atoms. The van der Waals surface area contributed by atoms with Gasteiger partial charge in [-0.1, -0.05) is 0 Å². The van der Waals surface area contributed by atoms with E-state index in [-0.39, 0.29) is 13.4 Å². The molecule has 0 unspecified atom stereocenters. The van der Waals surface area contributed by atoms with E-state index in [2.05, 4.69) is 21.8 Å². The topological polar surface area (TPSA) is 38.7 Å². The van der Waals surface area contributed by atoms with Crippen molar-refractivity contribution in [2.45, 2.75) is 0 Å². The monoisotopic (exact) mass is 124 g/mol. The summed E-state index contributed by atoms with van der Waals surface area (Å²) in [5.74, 6) is 0. The number of aliphatic hydroxyl groups excluding tert-OH is 1. The Kier molecular flexibility index (Phi) is 6.43. The van der Waals surface area contributed by atoms with Crippen LogP contribution in [0.3, 0.4) is 0 Å². The van der Waals surface area contributed by atoms with Crippen LogP contribution in [0, 0.1) is 0 Å². The summed E-state index contributed by atoms with van der Waals surface area (Å²) in [6.45, 7) is 0.460. The van der Waals surface area contributed by atoms with Crippen molar-refractivity contribution in [1.29, 1.82) is 0 Å². The lowest BCUT2D eigenvalue weighted by atomic mass is 10.8. The summed E-state index contributed by atoms with van der Waals surface area (Å²) in [4.78, 5) is 0. The van der Waals surface area contributed by atoms with E-state index in [9.17, 15) is 0 Å². The highest BCUT2D eigenvalue weighted by Gasteiger charge is 1.79. The fourth-order valence-corrected chi connectivity index (χ4v) is 0.235. The minimum Gasteiger partial charge on any atom is -0.394 e. The molecule has 0 aromatic carbocycles. The lowest BCUT2D eigenvalue weighted by Gasteiger charge is -1.94. The predicted molar refractivity (Wildman–Crippen MR) is 28.0 cm³/mol. The summed E-state index contributed by atoms with van der Waals surface area (Å²) < 4.78 is 8.79. The quantitative estimate of drug-likeness (QED) is 0.236. The van der Waals surface area contributed by atoms with Gasteiger partial charge >= 0.3 is 0 Å². The van der Waals surface area contributed by atoms with Crippen LogP contribution in [-0.4, -0.2) is 25.1 Å². The van der Waals surface area contributed by atoms with Gasteiger partial charge in [0.15, 0.2) is 6.79 Å².